The zero-order valence-electron chi connectivity index (χ0n) is 14.9. The summed E-state index contributed by atoms with van der Waals surface area (Å²) >= 11 is 1.60. The van der Waals surface area contributed by atoms with Gasteiger partial charge in [-0.05, 0) is 24.1 Å². The molecule has 2 aromatic carbocycles. The first-order valence-corrected chi connectivity index (χ1v) is 9.28. The number of benzene rings is 2. The molecule has 0 aliphatic heterocycles. The van der Waals surface area contributed by atoms with E-state index in [9.17, 15) is 9.59 Å². The average Bonchev–Trinajstić information content (AvgIpc) is 2.62. The summed E-state index contributed by atoms with van der Waals surface area (Å²) in [4.78, 5) is 25.6. The second kappa shape index (κ2) is 9.28. The van der Waals surface area contributed by atoms with Gasteiger partial charge in [-0.2, -0.15) is 0 Å². The molecule has 0 radical (unpaired) electrons. The third kappa shape index (κ3) is 5.94. The molecular formula is C20H24N2O2S. The third-order valence-electron chi connectivity index (χ3n) is 3.93. The largest absolute Gasteiger partial charge is 0.342 e. The molecule has 0 aromatic heterocycles. The summed E-state index contributed by atoms with van der Waals surface area (Å²) in [6, 6.07) is 17.7. The van der Waals surface area contributed by atoms with Gasteiger partial charge in [0.1, 0.15) is 0 Å². The number of para-hydroxylation sites is 1. The Morgan fingerprint density at radius 2 is 1.72 bits per heavy atom. The molecule has 0 saturated heterocycles. The highest BCUT2D eigenvalue weighted by Crippen LogP contribution is 2.21. The molecule has 0 aliphatic carbocycles. The van der Waals surface area contributed by atoms with Gasteiger partial charge in [-0.25, -0.2) is 0 Å². The van der Waals surface area contributed by atoms with Crippen LogP contribution in [-0.2, 0) is 21.9 Å². The molecule has 0 bridgehead atoms. The Labute approximate surface area is 153 Å². The molecule has 0 unspecified atom stereocenters. The van der Waals surface area contributed by atoms with Gasteiger partial charge in [-0.15, -0.1) is 11.8 Å². The zero-order valence-corrected chi connectivity index (χ0v) is 15.7. The predicted octanol–water partition coefficient (Wildman–Crippen LogP) is 3.93. The van der Waals surface area contributed by atoms with Gasteiger partial charge in [-0.3, -0.25) is 9.59 Å². The maximum Gasteiger partial charge on any atom is 0.237 e. The van der Waals surface area contributed by atoms with E-state index in [1.54, 1.807) is 23.7 Å². The van der Waals surface area contributed by atoms with Crippen LogP contribution in [0.2, 0.25) is 0 Å². The van der Waals surface area contributed by atoms with Crippen LogP contribution in [0.5, 0.6) is 0 Å². The van der Waals surface area contributed by atoms with Crippen LogP contribution < -0.4 is 5.32 Å². The van der Waals surface area contributed by atoms with E-state index in [4.69, 9.17) is 0 Å². The monoisotopic (exact) mass is 356 g/mol. The Hall–Kier alpha value is -2.27. The van der Waals surface area contributed by atoms with Gasteiger partial charge in [0.2, 0.25) is 11.8 Å². The van der Waals surface area contributed by atoms with Crippen LogP contribution in [0.1, 0.15) is 25.0 Å². The van der Waals surface area contributed by atoms with Gasteiger partial charge < -0.3 is 10.2 Å². The Kier molecular flexibility index (Phi) is 7.07. The van der Waals surface area contributed by atoms with Crippen molar-refractivity contribution in [3.8, 4) is 0 Å². The average molecular weight is 356 g/mol. The fourth-order valence-electron chi connectivity index (χ4n) is 2.25. The number of amides is 2. The van der Waals surface area contributed by atoms with Gasteiger partial charge in [-0.1, -0.05) is 48.5 Å². The smallest absolute Gasteiger partial charge is 0.237 e. The van der Waals surface area contributed by atoms with E-state index in [1.807, 2.05) is 49.4 Å². The van der Waals surface area contributed by atoms with E-state index in [1.165, 1.54) is 12.5 Å². The highest BCUT2D eigenvalue weighted by Gasteiger charge is 2.16. The molecule has 2 aromatic rings. The van der Waals surface area contributed by atoms with Gasteiger partial charge >= 0.3 is 0 Å². The van der Waals surface area contributed by atoms with Crippen molar-refractivity contribution >= 4 is 29.3 Å². The first-order chi connectivity index (χ1) is 12.0. The van der Waals surface area contributed by atoms with Crippen molar-refractivity contribution in [1.29, 1.82) is 0 Å². The standard InChI is InChI=1S/C20H24N2O2S/c1-15(25-14-17-9-5-4-6-10-17)20(24)21-19-12-8-7-11-18(19)13-22(3)16(2)23/h4-12,15H,13-14H2,1-3H3,(H,21,24)/t15-/m0/s1. The zero-order chi connectivity index (χ0) is 18.2. The topological polar surface area (TPSA) is 49.4 Å². The van der Waals surface area contributed by atoms with Crippen LogP contribution in [-0.4, -0.2) is 29.0 Å². The summed E-state index contributed by atoms with van der Waals surface area (Å²) < 4.78 is 0. The molecule has 5 heteroatoms. The SMILES string of the molecule is CC(=O)N(C)Cc1ccccc1NC(=O)[C@H](C)SCc1ccccc1. The summed E-state index contributed by atoms with van der Waals surface area (Å²) in [5, 5.41) is 2.83. The van der Waals surface area contributed by atoms with Crippen molar-refractivity contribution in [3.63, 3.8) is 0 Å². The second-order valence-corrected chi connectivity index (χ2v) is 7.29. The van der Waals surface area contributed by atoms with Crippen LogP contribution in [0.3, 0.4) is 0 Å². The van der Waals surface area contributed by atoms with Crippen molar-refractivity contribution in [1.82, 2.24) is 4.90 Å². The normalized spacial score (nSPS) is 11.6. The fourth-order valence-corrected chi connectivity index (χ4v) is 3.10. The Morgan fingerprint density at radius 3 is 2.40 bits per heavy atom. The highest BCUT2D eigenvalue weighted by atomic mass is 32.2. The van der Waals surface area contributed by atoms with Crippen LogP contribution >= 0.6 is 11.8 Å². The molecule has 0 aliphatic rings. The van der Waals surface area contributed by atoms with Gasteiger partial charge in [0, 0.05) is 32.0 Å². The van der Waals surface area contributed by atoms with E-state index in [2.05, 4.69) is 17.4 Å². The summed E-state index contributed by atoms with van der Waals surface area (Å²) in [5.74, 6) is 0.760. The lowest BCUT2D eigenvalue weighted by Crippen LogP contribution is -2.26. The molecule has 4 nitrogen and oxygen atoms in total. The van der Waals surface area contributed by atoms with Crippen molar-refractivity contribution in [2.45, 2.75) is 31.4 Å². The molecule has 0 saturated carbocycles. The van der Waals surface area contributed by atoms with E-state index in [0.29, 0.717) is 6.54 Å². The highest BCUT2D eigenvalue weighted by molar-refractivity contribution is 7.99. The molecule has 2 rings (SSSR count). The van der Waals surface area contributed by atoms with Crippen molar-refractivity contribution in [2.75, 3.05) is 12.4 Å². The quantitative estimate of drug-likeness (QED) is 0.818. The lowest BCUT2D eigenvalue weighted by molar-refractivity contribution is -0.128. The summed E-state index contributed by atoms with van der Waals surface area (Å²) in [7, 11) is 1.75. The number of anilines is 1. The number of carbonyl (C=O) groups is 2. The minimum Gasteiger partial charge on any atom is -0.342 e. The van der Waals surface area contributed by atoms with Gasteiger partial charge in [0.05, 0.1) is 5.25 Å². The second-order valence-electron chi connectivity index (χ2n) is 5.96. The molecule has 2 amide bonds. The third-order valence-corrected chi connectivity index (χ3v) is 5.15. The molecule has 0 heterocycles. The Bertz CT molecular complexity index is 719. The summed E-state index contributed by atoms with van der Waals surface area (Å²) in [6.07, 6.45) is 0. The fraction of sp³-hybridized carbons (Fsp3) is 0.300. The lowest BCUT2D eigenvalue weighted by Gasteiger charge is -2.19. The number of rotatable bonds is 7. The maximum absolute atomic E-state index is 12.5. The van der Waals surface area contributed by atoms with Crippen LogP contribution in [0.25, 0.3) is 0 Å². The van der Waals surface area contributed by atoms with E-state index in [0.717, 1.165) is 17.0 Å². The first-order valence-electron chi connectivity index (χ1n) is 8.23. The van der Waals surface area contributed by atoms with E-state index < -0.39 is 0 Å². The van der Waals surface area contributed by atoms with E-state index in [-0.39, 0.29) is 17.1 Å². The van der Waals surface area contributed by atoms with Crippen molar-refractivity contribution in [2.24, 2.45) is 0 Å². The van der Waals surface area contributed by atoms with Gasteiger partial charge in [0.15, 0.2) is 0 Å². The van der Waals surface area contributed by atoms with Gasteiger partial charge in [0.25, 0.3) is 0 Å². The molecule has 132 valence electrons. The lowest BCUT2D eigenvalue weighted by atomic mass is 10.1. The Morgan fingerprint density at radius 1 is 1.08 bits per heavy atom. The number of nitrogens with zero attached hydrogens (tertiary/aromatic N) is 1. The van der Waals surface area contributed by atoms with Crippen molar-refractivity contribution in [3.05, 3.63) is 65.7 Å². The van der Waals surface area contributed by atoms with Crippen LogP contribution in [0.4, 0.5) is 5.69 Å². The number of hydrogen-bond donors (Lipinski definition) is 1. The molecule has 1 N–H and O–H groups in total. The van der Waals surface area contributed by atoms with Crippen LogP contribution in [0.15, 0.2) is 54.6 Å². The summed E-state index contributed by atoms with van der Waals surface area (Å²) in [6.45, 7) is 3.91. The minimum atomic E-state index is -0.168. The number of carbonyl (C=O) groups excluding carboxylic acids is 2. The van der Waals surface area contributed by atoms with Crippen molar-refractivity contribution < 1.29 is 9.59 Å². The minimum absolute atomic E-state index is 0.00656. The maximum atomic E-state index is 12.5. The molecular weight excluding hydrogens is 332 g/mol. The Balaban J connectivity index is 1.96. The number of hydrogen-bond acceptors (Lipinski definition) is 3. The van der Waals surface area contributed by atoms with Crippen LogP contribution in [0, 0.1) is 0 Å². The number of nitrogens with one attached hydrogen (secondary N) is 1. The molecule has 0 spiro atoms. The summed E-state index contributed by atoms with van der Waals surface area (Å²) in [5.41, 5.74) is 2.89. The van der Waals surface area contributed by atoms with E-state index >= 15 is 0 Å². The molecule has 25 heavy (non-hydrogen) atoms. The predicted molar refractivity (Wildman–Crippen MR) is 104 cm³/mol. The molecule has 0 fully saturated rings. The molecule has 1 atom stereocenters. The number of thioether (sulfide) groups is 1. The first kappa shape index (κ1) is 19.1.